The lowest BCUT2D eigenvalue weighted by Gasteiger charge is -2.38. The van der Waals surface area contributed by atoms with E-state index in [0.717, 1.165) is 0 Å². The Balaban J connectivity index is 4.71. The predicted octanol–water partition coefficient (Wildman–Crippen LogP) is -0.0972. The van der Waals surface area contributed by atoms with Gasteiger partial charge in [0, 0.05) is 12.0 Å². The lowest BCUT2D eigenvalue weighted by molar-refractivity contribution is -0.153. The fourth-order valence-electron chi connectivity index (χ4n) is 1.10. The highest BCUT2D eigenvalue weighted by atomic mass is 31.2. The minimum absolute atomic E-state index is 0.0842. The van der Waals surface area contributed by atoms with Gasteiger partial charge in [0.05, 0.1) is 19.1 Å². The van der Waals surface area contributed by atoms with Crippen LogP contribution >= 0.6 is 7.82 Å². The summed E-state index contributed by atoms with van der Waals surface area (Å²) in [4.78, 5) is 29.0. The molecule has 1 unspecified atom stereocenters. The van der Waals surface area contributed by atoms with Crippen molar-refractivity contribution < 1.29 is 28.8 Å². The summed E-state index contributed by atoms with van der Waals surface area (Å²) in [5, 5.41) is 20.9. The molecule has 4 N–H and O–H groups in total. The fraction of sp³-hybridized carbons (Fsp3) is 0.800. The number of amides is 1. The number of phosphoric acid groups is 1. The number of nitriles is 1. The summed E-state index contributed by atoms with van der Waals surface area (Å²) in [6.07, 6.45) is 0.0984. The highest BCUT2D eigenvalue weighted by molar-refractivity contribution is 7.46. The van der Waals surface area contributed by atoms with E-state index < -0.39 is 31.4 Å². The lowest BCUT2D eigenvalue weighted by Crippen LogP contribution is -2.56. The summed E-state index contributed by atoms with van der Waals surface area (Å²) < 4.78 is 15.0. The van der Waals surface area contributed by atoms with Crippen LogP contribution in [0.3, 0.4) is 0 Å². The van der Waals surface area contributed by atoms with Crippen molar-refractivity contribution in [3.8, 4) is 6.07 Å². The van der Waals surface area contributed by atoms with Gasteiger partial charge in [0.15, 0.2) is 0 Å². The van der Waals surface area contributed by atoms with Crippen molar-refractivity contribution in [2.24, 2.45) is 5.41 Å². The zero-order valence-electron chi connectivity index (χ0n) is 11.1. The van der Waals surface area contributed by atoms with Gasteiger partial charge in [0.2, 0.25) is 0 Å². The molecule has 8 nitrogen and oxygen atoms in total. The molecule has 0 radical (unpaired) electrons. The van der Waals surface area contributed by atoms with E-state index in [9.17, 15) is 14.5 Å². The van der Waals surface area contributed by atoms with E-state index >= 15 is 0 Å². The molecule has 0 bridgehead atoms. The third-order valence-electron chi connectivity index (χ3n) is 2.88. The van der Waals surface area contributed by atoms with Gasteiger partial charge >= 0.3 is 7.82 Å². The second-order valence-corrected chi connectivity index (χ2v) is 6.12. The Bertz CT molecular complexity index is 409. The molecule has 0 aromatic heterocycles. The van der Waals surface area contributed by atoms with E-state index in [2.05, 4.69) is 9.84 Å². The largest absolute Gasteiger partial charge is 0.469 e. The Hall–Kier alpha value is -0.970. The van der Waals surface area contributed by atoms with Crippen LogP contribution in [0.4, 0.5) is 0 Å². The second kappa shape index (κ2) is 6.46. The Labute approximate surface area is 111 Å². The number of aliphatic hydroxyl groups is 1. The molecule has 1 atom stereocenters. The van der Waals surface area contributed by atoms with Crippen molar-refractivity contribution >= 4 is 13.7 Å². The molecule has 0 saturated heterocycles. The number of hydrogen-bond acceptors (Lipinski definition) is 5. The van der Waals surface area contributed by atoms with Crippen LogP contribution in [0.2, 0.25) is 0 Å². The van der Waals surface area contributed by atoms with Crippen molar-refractivity contribution in [3.63, 3.8) is 0 Å². The zero-order chi connectivity index (χ0) is 15.3. The molecular weight excluding hydrogens is 275 g/mol. The quantitative estimate of drug-likeness (QED) is 0.379. The highest BCUT2D eigenvalue weighted by Gasteiger charge is 2.46. The molecule has 0 aliphatic carbocycles. The van der Waals surface area contributed by atoms with Gasteiger partial charge in [-0.25, -0.2) is 4.57 Å². The van der Waals surface area contributed by atoms with Crippen LogP contribution in [-0.4, -0.2) is 39.6 Å². The number of carbonyl (C=O) groups excluding carboxylic acids is 1. The summed E-state index contributed by atoms with van der Waals surface area (Å²) in [6.45, 7) is 3.67. The SMILES string of the molecule is CC(C)(COP(=O)(O)O)C(C)(O)C(=O)NCCC#N. The number of nitrogens with one attached hydrogen (secondary N) is 1. The Kier molecular flexibility index (Phi) is 6.13. The third kappa shape index (κ3) is 5.68. The number of carbonyl (C=O) groups is 1. The van der Waals surface area contributed by atoms with Gasteiger partial charge in [-0.2, -0.15) is 5.26 Å². The topological polar surface area (TPSA) is 140 Å². The maximum Gasteiger partial charge on any atom is 0.469 e. The zero-order valence-corrected chi connectivity index (χ0v) is 12.0. The lowest BCUT2D eigenvalue weighted by atomic mass is 9.76. The summed E-state index contributed by atoms with van der Waals surface area (Å²) in [7, 11) is -4.67. The summed E-state index contributed by atoms with van der Waals surface area (Å²) in [6, 6.07) is 1.83. The average Bonchev–Trinajstić information content (AvgIpc) is 2.25. The van der Waals surface area contributed by atoms with Crippen LogP contribution in [-0.2, 0) is 13.9 Å². The molecule has 0 aromatic carbocycles. The highest BCUT2D eigenvalue weighted by Crippen LogP contribution is 2.41. The molecule has 9 heteroatoms. The minimum Gasteiger partial charge on any atom is -0.380 e. The number of nitrogens with zero attached hydrogens (tertiary/aromatic N) is 1. The van der Waals surface area contributed by atoms with Crippen LogP contribution in [0.5, 0.6) is 0 Å². The van der Waals surface area contributed by atoms with Gasteiger partial charge < -0.3 is 20.2 Å². The normalized spacial score (nSPS) is 15.4. The van der Waals surface area contributed by atoms with E-state index in [1.165, 1.54) is 20.8 Å². The van der Waals surface area contributed by atoms with Crippen molar-refractivity contribution in [2.45, 2.75) is 32.8 Å². The third-order valence-corrected chi connectivity index (χ3v) is 3.34. The van der Waals surface area contributed by atoms with Gasteiger partial charge in [-0.05, 0) is 6.92 Å². The molecule has 0 rings (SSSR count). The van der Waals surface area contributed by atoms with E-state index in [0.29, 0.717) is 0 Å². The minimum atomic E-state index is -4.67. The van der Waals surface area contributed by atoms with Crippen LogP contribution in [0, 0.1) is 16.7 Å². The van der Waals surface area contributed by atoms with E-state index in [1.807, 2.05) is 6.07 Å². The maximum absolute atomic E-state index is 11.8. The molecular formula is C10H19N2O6P. The molecule has 110 valence electrons. The molecule has 0 heterocycles. The standard InChI is InChI=1S/C10H19N2O6P/c1-9(2,7-18-19(15,16)17)10(3,14)8(13)12-6-4-5-11/h14H,4,6-7H2,1-3H3,(H,12,13)(H2,15,16,17). The maximum atomic E-state index is 11.8. The van der Waals surface area contributed by atoms with E-state index in [-0.39, 0.29) is 13.0 Å². The Morgan fingerprint density at radius 2 is 1.95 bits per heavy atom. The fourth-order valence-corrected chi connectivity index (χ4v) is 1.59. The van der Waals surface area contributed by atoms with Gasteiger partial charge in [-0.15, -0.1) is 0 Å². The van der Waals surface area contributed by atoms with Crippen LogP contribution < -0.4 is 5.32 Å². The molecule has 0 aromatic rings. The van der Waals surface area contributed by atoms with E-state index in [1.54, 1.807) is 0 Å². The smallest absolute Gasteiger partial charge is 0.380 e. The molecule has 1 amide bonds. The molecule has 0 spiro atoms. The van der Waals surface area contributed by atoms with Crippen molar-refractivity contribution in [1.82, 2.24) is 5.32 Å². The number of rotatable bonds is 7. The van der Waals surface area contributed by atoms with E-state index in [4.69, 9.17) is 15.0 Å². The molecule has 0 aliphatic heterocycles. The van der Waals surface area contributed by atoms with Crippen molar-refractivity contribution in [1.29, 1.82) is 5.26 Å². The van der Waals surface area contributed by atoms with Gasteiger partial charge in [0.25, 0.3) is 5.91 Å². The van der Waals surface area contributed by atoms with Crippen LogP contribution in [0.25, 0.3) is 0 Å². The van der Waals surface area contributed by atoms with Gasteiger partial charge in [0.1, 0.15) is 5.60 Å². The monoisotopic (exact) mass is 294 g/mol. The average molecular weight is 294 g/mol. The van der Waals surface area contributed by atoms with Crippen LogP contribution in [0.1, 0.15) is 27.2 Å². The summed E-state index contributed by atoms with van der Waals surface area (Å²) in [5.74, 6) is -0.734. The predicted molar refractivity (Wildman–Crippen MR) is 65.6 cm³/mol. The van der Waals surface area contributed by atoms with Gasteiger partial charge in [-0.3, -0.25) is 9.32 Å². The van der Waals surface area contributed by atoms with Gasteiger partial charge in [-0.1, -0.05) is 13.8 Å². The van der Waals surface area contributed by atoms with Crippen molar-refractivity contribution in [2.75, 3.05) is 13.2 Å². The molecule has 0 aliphatic rings. The molecule has 0 saturated carbocycles. The number of hydrogen-bond donors (Lipinski definition) is 4. The molecule has 0 fully saturated rings. The van der Waals surface area contributed by atoms with Crippen LogP contribution in [0.15, 0.2) is 0 Å². The first-order valence-electron chi connectivity index (χ1n) is 5.52. The number of phosphoric ester groups is 1. The summed E-state index contributed by atoms with van der Waals surface area (Å²) >= 11 is 0. The second-order valence-electron chi connectivity index (χ2n) is 4.88. The first-order chi connectivity index (χ1) is 8.44. The Morgan fingerprint density at radius 1 is 1.42 bits per heavy atom. The van der Waals surface area contributed by atoms with Crippen molar-refractivity contribution in [3.05, 3.63) is 0 Å². The Morgan fingerprint density at radius 3 is 2.37 bits per heavy atom. The molecule has 19 heavy (non-hydrogen) atoms. The summed E-state index contributed by atoms with van der Waals surface area (Å²) in [5.41, 5.74) is -3.14. The first kappa shape index (κ1) is 18.0. The first-order valence-corrected chi connectivity index (χ1v) is 7.05.